The molecular weight excluding hydrogens is 703 g/mol. The van der Waals surface area contributed by atoms with Crippen molar-refractivity contribution in [1.29, 1.82) is 0 Å². The van der Waals surface area contributed by atoms with Crippen LogP contribution in [0.4, 0.5) is 17.1 Å². The zero-order valence-electron chi connectivity index (χ0n) is 31.7. The summed E-state index contributed by atoms with van der Waals surface area (Å²) >= 11 is 0. The lowest BCUT2D eigenvalue weighted by atomic mass is 9.89. The number of furan rings is 1. The quantitative estimate of drug-likeness (QED) is 0.151. The van der Waals surface area contributed by atoms with E-state index in [1.807, 2.05) is 12.1 Å². The maximum Gasteiger partial charge on any atom is 0.136 e. The summed E-state index contributed by atoms with van der Waals surface area (Å²) in [4.78, 5) is 2.41. The smallest absolute Gasteiger partial charge is 0.136 e. The van der Waals surface area contributed by atoms with Crippen LogP contribution in [0.3, 0.4) is 0 Å². The molecule has 1 aromatic heterocycles. The molecule has 11 rings (SSSR count). The van der Waals surface area contributed by atoms with Crippen molar-refractivity contribution in [2.45, 2.75) is 0 Å². The van der Waals surface area contributed by atoms with Crippen LogP contribution in [0.15, 0.2) is 229 Å². The van der Waals surface area contributed by atoms with Gasteiger partial charge in [0.2, 0.25) is 0 Å². The Morgan fingerprint density at radius 2 is 0.862 bits per heavy atom. The van der Waals surface area contributed by atoms with Crippen LogP contribution >= 0.6 is 0 Å². The van der Waals surface area contributed by atoms with Crippen molar-refractivity contribution >= 4 is 60.5 Å². The van der Waals surface area contributed by atoms with E-state index in [9.17, 15) is 0 Å². The van der Waals surface area contributed by atoms with Gasteiger partial charge in [-0.1, -0.05) is 164 Å². The minimum absolute atomic E-state index is 0.910. The molecule has 10 aromatic carbocycles. The Morgan fingerprint density at radius 3 is 1.62 bits per heavy atom. The molecule has 0 bridgehead atoms. The Morgan fingerprint density at radius 1 is 0.276 bits per heavy atom. The minimum atomic E-state index is 0.910. The fourth-order valence-corrected chi connectivity index (χ4v) is 8.61. The van der Waals surface area contributed by atoms with Crippen molar-refractivity contribution in [1.82, 2.24) is 0 Å². The van der Waals surface area contributed by atoms with Crippen molar-refractivity contribution in [2.24, 2.45) is 0 Å². The molecule has 0 spiro atoms. The van der Waals surface area contributed by atoms with E-state index in [-0.39, 0.29) is 0 Å². The average molecular weight is 740 g/mol. The molecule has 0 aliphatic rings. The fraction of sp³-hybridized carbons (Fsp3) is 0. The lowest BCUT2D eigenvalue weighted by Gasteiger charge is -2.29. The zero-order chi connectivity index (χ0) is 38.4. The van der Waals surface area contributed by atoms with Gasteiger partial charge in [0.15, 0.2) is 0 Å². The van der Waals surface area contributed by atoms with Gasteiger partial charge in [-0.2, -0.15) is 0 Å². The Kier molecular flexibility index (Phi) is 8.19. The van der Waals surface area contributed by atoms with Gasteiger partial charge in [0.1, 0.15) is 11.2 Å². The molecular formula is C56H37NO. The van der Waals surface area contributed by atoms with Gasteiger partial charge in [0.25, 0.3) is 0 Å². The summed E-state index contributed by atoms with van der Waals surface area (Å²) < 4.78 is 6.30. The maximum atomic E-state index is 6.30. The summed E-state index contributed by atoms with van der Waals surface area (Å²) in [5.74, 6) is 0. The first kappa shape index (κ1) is 33.6. The van der Waals surface area contributed by atoms with E-state index >= 15 is 0 Å². The van der Waals surface area contributed by atoms with Crippen LogP contribution in [0.2, 0.25) is 0 Å². The number of anilines is 3. The van der Waals surface area contributed by atoms with Crippen molar-refractivity contribution in [3.63, 3.8) is 0 Å². The molecule has 0 aliphatic heterocycles. The number of hydrogen-bond donors (Lipinski definition) is 0. The van der Waals surface area contributed by atoms with Gasteiger partial charge in [0, 0.05) is 27.7 Å². The summed E-state index contributed by atoms with van der Waals surface area (Å²) in [6, 6.07) is 80.9. The van der Waals surface area contributed by atoms with Crippen LogP contribution in [0.25, 0.3) is 88.0 Å². The number of para-hydroxylation sites is 2. The van der Waals surface area contributed by atoms with Crippen molar-refractivity contribution in [3.05, 3.63) is 224 Å². The Bertz CT molecular complexity index is 3260. The van der Waals surface area contributed by atoms with Gasteiger partial charge >= 0.3 is 0 Å². The lowest BCUT2D eigenvalue weighted by molar-refractivity contribution is 0.669. The number of fused-ring (bicyclic) bond motifs is 6. The summed E-state index contributed by atoms with van der Waals surface area (Å²) in [5.41, 5.74) is 14.6. The van der Waals surface area contributed by atoms with Crippen LogP contribution in [-0.4, -0.2) is 0 Å². The first-order valence-electron chi connectivity index (χ1n) is 19.8. The molecule has 2 heteroatoms. The van der Waals surface area contributed by atoms with Gasteiger partial charge in [0.05, 0.1) is 5.69 Å². The molecule has 11 aromatic rings. The van der Waals surface area contributed by atoms with Crippen LogP contribution < -0.4 is 4.90 Å². The first-order chi connectivity index (χ1) is 28.7. The summed E-state index contributed by atoms with van der Waals surface area (Å²) in [6.07, 6.45) is 0. The standard InChI is InChI=1S/C56H37NO/c1-5-15-38(16-6-1)42-28-31-47(49(33-42)39-17-7-2-8-18-39)43-29-32-54(52(34-43)40-19-9-3-10-20-40)57(45-21-11-4-12-22-45)46-30-27-41-25-26-44-35-56-53(37-51(44)50(41)36-46)48-23-13-14-24-55(48)58-56/h1-37H. The highest BCUT2D eigenvalue weighted by Gasteiger charge is 2.20. The lowest BCUT2D eigenvalue weighted by Crippen LogP contribution is -2.11. The van der Waals surface area contributed by atoms with Gasteiger partial charge in [-0.25, -0.2) is 0 Å². The third kappa shape index (κ3) is 5.91. The van der Waals surface area contributed by atoms with Gasteiger partial charge in [-0.15, -0.1) is 0 Å². The first-order valence-corrected chi connectivity index (χ1v) is 19.8. The Labute approximate surface area is 337 Å². The third-order valence-electron chi connectivity index (χ3n) is 11.4. The highest BCUT2D eigenvalue weighted by Crippen LogP contribution is 2.46. The molecule has 0 unspecified atom stereocenters. The highest BCUT2D eigenvalue weighted by molar-refractivity contribution is 6.17. The van der Waals surface area contributed by atoms with E-state index in [0.29, 0.717) is 0 Å². The van der Waals surface area contributed by atoms with E-state index in [1.54, 1.807) is 0 Å². The van der Waals surface area contributed by atoms with Gasteiger partial charge in [-0.3, -0.25) is 0 Å². The molecule has 0 fully saturated rings. The van der Waals surface area contributed by atoms with Crippen molar-refractivity contribution in [2.75, 3.05) is 4.90 Å². The number of hydrogen-bond acceptors (Lipinski definition) is 2. The summed E-state index contributed by atoms with van der Waals surface area (Å²) in [6.45, 7) is 0. The molecule has 1 heterocycles. The summed E-state index contributed by atoms with van der Waals surface area (Å²) in [5, 5.41) is 7.03. The predicted molar refractivity (Wildman–Crippen MR) is 245 cm³/mol. The molecule has 0 saturated carbocycles. The van der Waals surface area contributed by atoms with Crippen LogP contribution in [-0.2, 0) is 0 Å². The van der Waals surface area contributed by atoms with E-state index in [2.05, 4.69) is 217 Å². The molecule has 0 saturated heterocycles. The molecule has 2 nitrogen and oxygen atoms in total. The Balaban J connectivity index is 1.12. The van der Waals surface area contributed by atoms with Crippen molar-refractivity contribution < 1.29 is 4.42 Å². The third-order valence-corrected chi connectivity index (χ3v) is 11.4. The molecule has 0 amide bonds. The molecule has 272 valence electrons. The summed E-state index contributed by atoms with van der Waals surface area (Å²) in [7, 11) is 0. The van der Waals surface area contributed by atoms with E-state index in [4.69, 9.17) is 4.42 Å². The molecule has 0 N–H and O–H groups in total. The second-order valence-electron chi connectivity index (χ2n) is 14.9. The number of rotatable bonds is 7. The topological polar surface area (TPSA) is 16.4 Å². The highest BCUT2D eigenvalue weighted by atomic mass is 16.3. The second-order valence-corrected chi connectivity index (χ2v) is 14.9. The molecule has 0 aliphatic carbocycles. The molecule has 0 atom stereocenters. The Hall–Kier alpha value is -7.68. The average Bonchev–Trinajstić information content (AvgIpc) is 3.67. The van der Waals surface area contributed by atoms with Crippen molar-refractivity contribution in [3.8, 4) is 44.5 Å². The molecule has 0 radical (unpaired) electrons. The van der Waals surface area contributed by atoms with E-state index < -0.39 is 0 Å². The fourth-order valence-electron chi connectivity index (χ4n) is 8.61. The minimum Gasteiger partial charge on any atom is -0.456 e. The monoisotopic (exact) mass is 739 g/mol. The van der Waals surface area contributed by atoms with Gasteiger partial charge in [-0.05, 0) is 121 Å². The van der Waals surface area contributed by atoms with E-state index in [1.165, 1.54) is 44.0 Å². The number of benzene rings is 10. The number of nitrogens with zero attached hydrogens (tertiary/aromatic N) is 1. The zero-order valence-corrected chi connectivity index (χ0v) is 31.7. The van der Waals surface area contributed by atoms with Crippen LogP contribution in [0.1, 0.15) is 0 Å². The largest absolute Gasteiger partial charge is 0.456 e. The van der Waals surface area contributed by atoms with E-state index in [0.717, 1.165) is 61.1 Å². The maximum absolute atomic E-state index is 6.30. The van der Waals surface area contributed by atoms with Gasteiger partial charge < -0.3 is 9.32 Å². The second kappa shape index (κ2) is 14.1. The SMILES string of the molecule is c1ccc(-c2ccc(-c3ccc(N(c4ccccc4)c4ccc5ccc6cc7oc8ccccc8c7cc6c5c4)c(-c4ccccc4)c3)c(-c3ccccc3)c2)cc1. The van der Waals surface area contributed by atoms with Crippen LogP contribution in [0.5, 0.6) is 0 Å². The normalized spacial score (nSPS) is 11.4. The van der Waals surface area contributed by atoms with Crippen LogP contribution in [0, 0.1) is 0 Å². The molecule has 58 heavy (non-hydrogen) atoms. The predicted octanol–water partition coefficient (Wildman–Crippen LogP) is 16.0.